The highest BCUT2D eigenvalue weighted by molar-refractivity contribution is 5.35. The van der Waals surface area contributed by atoms with Gasteiger partial charge in [0.1, 0.15) is 0 Å². The van der Waals surface area contributed by atoms with Crippen molar-refractivity contribution in [3.8, 4) is 5.69 Å². The third-order valence-corrected chi connectivity index (χ3v) is 2.82. The van der Waals surface area contributed by atoms with Gasteiger partial charge in [-0.2, -0.15) is 0 Å². The van der Waals surface area contributed by atoms with E-state index in [1.54, 1.807) is 0 Å². The number of nitrogens with zero attached hydrogens (tertiary/aromatic N) is 2. The first kappa shape index (κ1) is 8.68. The number of aromatic nitrogens is 2. The molecule has 0 radical (unpaired) electrons. The lowest BCUT2D eigenvalue weighted by molar-refractivity contribution is 0.617. The summed E-state index contributed by atoms with van der Waals surface area (Å²) in [5, 5.41) is 3.38. The molecule has 76 valence electrons. The predicted molar refractivity (Wildman–Crippen MR) is 59.0 cm³/mol. The second kappa shape index (κ2) is 3.51. The number of hydrogen-bond acceptors (Lipinski definition) is 2. The highest BCUT2D eigenvalue weighted by atomic mass is 15.1. The molecule has 3 rings (SSSR count). The van der Waals surface area contributed by atoms with Crippen LogP contribution in [-0.4, -0.2) is 16.1 Å². The van der Waals surface area contributed by atoms with Crippen molar-refractivity contribution < 1.29 is 0 Å². The molecular formula is C12H13N3. The van der Waals surface area contributed by atoms with Gasteiger partial charge < -0.3 is 9.88 Å². The average Bonchev–Trinajstić information content (AvgIpc) is 2.74. The largest absolute Gasteiger partial charge is 0.311 e. The van der Waals surface area contributed by atoms with Crippen LogP contribution < -0.4 is 5.32 Å². The van der Waals surface area contributed by atoms with Crippen LogP contribution >= 0.6 is 0 Å². The first-order valence-corrected chi connectivity index (χ1v) is 5.26. The van der Waals surface area contributed by atoms with Crippen molar-refractivity contribution in [2.45, 2.75) is 13.0 Å². The third kappa shape index (κ3) is 1.45. The van der Waals surface area contributed by atoms with Gasteiger partial charge in [0, 0.05) is 25.2 Å². The molecule has 1 aliphatic rings. The van der Waals surface area contributed by atoms with Crippen molar-refractivity contribution in [2.24, 2.45) is 0 Å². The first-order valence-electron chi connectivity index (χ1n) is 5.26. The number of para-hydroxylation sites is 1. The maximum atomic E-state index is 4.46. The van der Waals surface area contributed by atoms with Crippen LogP contribution in [0.15, 0.2) is 36.7 Å². The smallest absolute Gasteiger partial charge is 0.0998 e. The van der Waals surface area contributed by atoms with Crippen LogP contribution in [0.2, 0.25) is 0 Å². The molecule has 0 atom stereocenters. The molecule has 0 fully saturated rings. The number of imidazole rings is 1. The van der Waals surface area contributed by atoms with Crippen molar-refractivity contribution in [3.63, 3.8) is 0 Å². The Morgan fingerprint density at radius 1 is 1.20 bits per heavy atom. The lowest BCUT2D eigenvalue weighted by atomic mass is 10.2. The highest BCUT2D eigenvalue weighted by Gasteiger charge is 2.14. The van der Waals surface area contributed by atoms with E-state index < -0.39 is 0 Å². The Balaban J connectivity index is 2.09. The number of fused-ring (bicyclic) bond motifs is 1. The Bertz CT molecular complexity index is 459. The Kier molecular flexibility index (Phi) is 2.03. The molecule has 3 nitrogen and oxygen atoms in total. The van der Waals surface area contributed by atoms with Crippen LogP contribution in [0, 0.1) is 0 Å². The summed E-state index contributed by atoms with van der Waals surface area (Å²) in [6.45, 7) is 1.96. The van der Waals surface area contributed by atoms with Gasteiger partial charge in [-0.15, -0.1) is 0 Å². The van der Waals surface area contributed by atoms with Crippen LogP contribution in [0.3, 0.4) is 0 Å². The summed E-state index contributed by atoms with van der Waals surface area (Å²) in [7, 11) is 0. The minimum absolute atomic E-state index is 0.921. The van der Waals surface area contributed by atoms with Crippen LogP contribution in [0.5, 0.6) is 0 Å². The SMILES string of the molecule is c1ccc(-n2cnc3c2CNCC3)cc1. The molecule has 1 aliphatic heterocycles. The Morgan fingerprint density at radius 3 is 2.93 bits per heavy atom. The normalized spacial score (nSPS) is 14.9. The van der Waals surface area contributed by atoms with E-state index in [1.165, 1.54) is 17.1 Å². The quantitative estimate of drug-likeness (QED) is 0.754. The van der Waals surface area contributed by atoms with Crippen molar-refractivity contribution >= 4 is 0 Å². The van der Waals surface area contributed by atoms with E-state index in [0.29, 0.717) is 0 Å². The molecule has 0 spiro atoms. The minimum atomic E-state index is 0.921. The van der Waals surface area contributed by atoms with Gasteiger partial charge in [0.25, 0.3) is 0 Å². The number of nitrogens with one attached hydrogen (secondary N) is 1. The zero-order valence-corrected chi connectivity index (χ0v) is 8.48. The molecule has 1 aromatic carbocycles. The van der Waals surface area contributed by atoms with Crippen LogP contribution in [0.4, 0.5) is 0 Å². The second-order valence-corrected chi connectivity index (χ2v) is 3.77. The number of hydrogen-bond donors (Lipinski definition) is 1. The monoisotopic (exact) mass is 199 g/mol. The molecule has 3 heteroatoms. The molecule has 2 heterocycles. The molecule has 0 aliphatic carbocycles. The highest BCUT2D eigenvalue weighted by Crippen LogP contribution is 2.17. The Hall–Kier alpha value is -1.61. The molecule has 0 saturated carbocycles. The van der Waals surface area contributed by atoms with Crippen molar-refractivity contribution in [1.29, 1.82) is 0 Å². The lowest BCUT2D eigenvalue weighted by Crippen LogP contribution is -2.25. The summed E-state index contributed by atoms with van der Waals surface area (Å²) in [6.07, 6.45) is 2.96. The van der Waals surface area contributed by atoms with Gasteiger partial charge in [0.05, 0.1) is 17.7 Å². The van der Waals surface area contributed by atoms with Crippen molar-refractivity contribution in [3.05, 3.63) is 48.0 Å². The summed E-state index contributed by atoms with van der Waals surface area (Å²) >= 11 is 0. The molecule has 2 aromatic rings. The Labute approximate surface area is 88.8 Å². The van der Waals surface area contributed by atoms with E-state index in [9.17, 15) is 0 Å². The van der Waals surface area contributed by atoms with Crippen LogP contribution in [-0.2, 0) is 13.0 Å². The average molecular weight is 199 g/mol. The summed E-state index contributed by atoms with van der Waals surface area (Å²) in [5.41, 5.74) is 3.72. The number of rotatable bonds is 1. The zero-order chi connectivity index (χ0) is 10.1. The van der Waals surface area contributed by atoms with Crippen LogP contribution in [0.1, 0.15) is 11.4 Å². The van der Waals surface area contributed by atoms with Crippen molar-refractivity contribution in [1.82, 2.24) is 14.9 Å². The minimum Gasteiger partial charge on any atom is -0.311 e. The van der Waals surface area contributed by atoms with Gasteiger partial charge in [-0.25, -0.2) is 4.98 Å². The van der Waals surface area contributed by atoms with Gasteiger partial charge >= 0.3 is 0 Å². The predicted octanol–water partition coefficient (Wildman–Crippen LogP) is 1.52. The maximum Gasteiger partial charge on any atom is 0.0998 e. The summed E-state index contributed by atoms with van der Waals surface area (Å²) in [4.78, 5) is 4.46. The fraction of sp³-hybridized carbons (Fsp3) is 0.250. The zero-order valence-electron chi connectivity index (χ0n) is 8.48. The summed E-state index contributed by atoms with van der Waals surface area (Å²) in [5.74, 6) is 0. The lowest BCUT2D eigenvalue weighted by Gasteiger charge is -2.15. The molecule has 0 unspecified atom stereocenters. The molecule has 1 aromatic heterocycles. The summed E-state index contributed by atoms with van der Waals surface area (Å²) < 4.78 is 2.17. The first-order chi connectivity index (χ1) is 7.45. The fourth-order valence-corrected chi connectivity index (χ4v) is 2.03. The van der Waals surface area contributed by atoms with Crippen molar-refractivity contribution in [2.75, 3.05) is 6.54 Å². The standard InChI is InChI=1S/C12H13N3/c1-2-4-10(5-3-1)15-9-14-11-6-7-13-8-12(11)15/h1-5,9,13H,6-8H2. The number of benzene rings is 1. The third-order valence-electron chi connectivity index (χ3n) is 2.82. The topological polar surface area (TPSA) is 29.9 Å². The molecular weight excluding hydrogens is 186 g/mol. The van der Waals surface area contributed by atoms with Gasteiger partial charge in [-0.3, -0.25) is 0 Å². The van der Waals surface area contributed by atoms with E-state index in [2.05, 4.69) is 39.1 Å². The maximum absolute atomic E-state index is 4.46. The van der Waals surface area contributed by atoms with Gasteiger partial charge in [-0.1, -0.05) is 18.2 Å². The second-order valence-electron chi connectivity index (χ2n) is 3.77. The molecule has 0 bridgehead atoms. The van der Waals surface area contributed by atoms with Gasteiger partial charge in [-0.05, 0) is 12.1 Å². The molecule has 0 amide bonds. The van der Waals surface area contributed by atoms with E-state index >= 15 is 0 Å². The van der Waals surface area contributed by atoms with E-state index in [-0.39, 0.29) is 0 Å². The fourth-order valence-electron chi connectivity index (χ4n) is 2.03. The molecule has 0 saturated heterocycles. The van der Waals surface area contributed by atoms with E-state index in [0.717, 1.165) is 19.5 Å². The summed E-state index contributed by atoms with van der Waals surface area (Å²) in [6, 6.07) is 10.4. The van der Waals surface area contributed by atoms with Gasteiger partial charge in [0.2, 0.25) is 0 Å². The van der Waals surface area contributed by atoms with E-state index in [4.69, 9.17) is 0 Å². The van der Waals surface area contributed by atoms with E-state index in [1.807, 2.05) is 12.4 Å². The van der Waals surface area contributed by atoms with Crippen LogP contribution in [0.25, 0.3) is 5.69 Å². The molecule has 1 N–H and O–H groups in total. The Morgan fingerprint density at radius 2 is 2.07 bits per heavy atom. The van der Waals surface area contributed by atoms with Gasteiger partial charge in [0.15, 0.2) is 0 Å². The molecule has 15 heavy (non-hydrogen) atoms.